The SMILES string of the molecule is C=CCN(CC=C)c1cccc(C(=O)c2ccccc2C(=O)O)c1O. The van der Waals surface area contributed by atoms with E-state index in [2.05, 4.69) is 13.2 Å². The number of carboxylic acid groups (broad SMARTS) is 1. The third-order valence-corrected chi connectivity index (χ3v) is 3.70. The standard InChI is InChI=1S/C20H19NO4/c1-3-12-21(13-4-2)17-11-7-10-16(19(17)23)18(22)14-8-5-6-9-15(14)20(24)25/h3-11,23H,1-2,12-13H2,(H,24,25). The summed E-state index contributed by atoms with van der Waals surface area (Å²) in [6.07, 6.45) is 3.36. The zero-order chi connectivity index (χ0) is 18.4. The van der Waals surface area contributed by atoms with E-state index >= 15 is 0 Å². The molecule has 0 aromatic heterocycles. The Morgan fingerprint density at radius 1 is 0.920 bits per heavy atom. The van der Waals surface area contributed by atoms with Crippen molar-refractivity contribution in [3.05, 3.63) is 84.5 Å². The van der Waals surface area contributed by atoms with Gasteiger partial charge in [0.05, 0.1) is 16.8 Å². The molecule has 5 heteroatoms. The van der Waals surface area contributed by atoms with Crippen molar-refractivity contribution in [3.63, 3.8) is 0 Å². The second-order valence-corrected chi connectivity index (χ2v) is 5.34. The first kappa shape index (κ1) is 18.0. The third-order valence-electron chi connectivity index (χ3n) is 3.70. The summed E-state index contributed by atoms with van der Waals surface area (Å²) in [5.74, 6) is -1.94. The Kier molecular flexibility index (Phi) is 5.74. The number of hydrogen-bond donors (Lipinski definition) is 2. The monoisotopic (exact) mass is 337 g/mol. The highest BCUT2D eigenvalue weighted by molar-refractivity contribution is 6.16. The maximum Gasteiger partial charge on any atom is 0.336 e. The molecule has 0 aliphatic rings. The number of phenolic OH excluding ortho intramolecular Hbond substituents is 1. The van der Waals surface area contributed by atoms with Gasteiger partial charge in [0.1, 0.15) is 5.75 Å². The molecule has 25 heavy (non-hydrogen) atoms. The molecule has 0 spiro atoms. The fraction of sp³-hybridized carbons (Fsp3) is 0.100. The Morgan fingerprint density at radius 3 is 2.04 bits per heavy atom. The molecule has 0 aliphatic carbocycles. The number of benzene rings is 2. The van der Waals surface area contributed by atoms with E-state index < -0.39 is 11.8 Å². The molecule has 0 heterocycles. The first-order valence-corrected chi connectivity index (χ1v) is 7.67. The maximum atomic E-state index is 12.8. The highest BCUT2D eigenvalue weighted by Gasteiger charge is 2.22. The molecule has 2 N–H and O–H groups in total. The Balaban J connectivity index is 2.52. The fourth-order valence-corrected chi connectivity index (χ4v) is 2.57. The molecular weight excluding hydrogens is 318 g/mol. The highest BCUT2D eigenvalue weighted by atomic mass is 16.4. The molecule has 128 valence electrons. The van der Waals surface area contributed by atoms with Gasteiger partial charge in [0.2, 0.25) is 0 Å². The summed E-state index contributed by atoms with van der Waals surface area (Å²) in [7, 11) is 0. The quantitative estimate of drug-likeness (QED) is 0.569. The smallest absolute Gasteiger partial charge is 0.336 e. The summed E-state index contributed by atoms with van der Waals surface area (Å²) in [6.45, 7) is 8.29. The number of hydrogen-bond acceptors (Lipinski definition) is 4. The van der Waals surface area contributed by atoms with Gasteiger partial charge in [-0.2, -0.15) is 0 Å². The Labute approximate surface area is 146 Å². The number of ketones is 1. The molecule has 0 radical (unpaired) electrons. The number of aromatic carboxylic acids is 1. The Hall–Kier alpha value is -3.34. The normalized spacial score (nSPS) is 10.1. The van der Waals surface area contributed by atoms with Crippen LogP contribution in [0.5, 0.6) is 5.75 Å². The van der Waals surface area contributed by atoms with Crippen LogP contribution in [0, 0.1) is 0 Å². The Bertz CT molecular complexity index is 816. The van der Waals surface area contributed by atoms with Crippen LogP contribution in [-0.4, -0.2) is 35.1 Å². The predicted octanol–water partition coefficient (Wildman–Crippen LogP) is 3.50. The van der Waals surface area contributed by atoms with Gasteiger partial charge in [-0.3, -0.25) is 4.79 Å². The molecule has 2 aromatic carbocycles. The molecule has 2 rings (SSSR count). The van der Waals surface area contributed by atoms with Crippen molar-refractivity contribution in [2.45, 2.75) is 0 Å². The van der Waals surface area contributed by atoms with Crippen LogP contribution in [0.3, 0.4) is 0 Å². The third kappa shape index (κ3) is 3.77. The van der Waals surface area contributed by atoms with Crippen molar-refractivity contribution < 1.29 is 19.8 Å². The number of rotatable bonds is 8. The van der Waals surface area contributed by atoms with E-state index in [4.69, 9.17) is 0 Å². The lowest BCUT2D eigenvalue weighted by molar-refractivity contribution is 0.0692. The van der Waals surface area contributed by atoms with E-state index in [1.807, 2.05) is 0 Å². The second kappa shape index (κ2) is 7.97. The Morgan fingerprint density at radius 2 is 1.48 bits per heavy atom. The second-order valence-electron chi connectivity index (χ2n) is 5.34. The van der Waals surface area contributed by atoms with Crippen LogP contribution < -0.4 is 4.90 Å². The summed E-state index contributed by atoms with van der Waals surface area (Å²) in [4.78, 5) is 25.9. The van der Waals surface area contributed by atoms with E-state index in [0.29, 0.717) is 18.8 Å². The van der Waals surface area contributed by atoms with Crippen molar-refractivity contribution in [2.24, 2.45) is 0 Å². The van der Waals surface area contributed by atoms with Gasteiger partial charge in [-0.1, -0.05) is 36.4 Å². The zero-order valence-corrected chi connectivity index (χ0v) is 13.7. The van der Waals surface area contributed by atoms with Crippen LogP contribution in [0.2, 0.25) is 0 Å². The number of carboxylic acids is 1. The summed E-state index contributed by atoms with van der Waals surface area (Å²) in [6, 6.07) is 10.7. The first-order chi connectivity index (χ1) is 12.0. The minimum absolute atomic E-state index is 0.0291. The molecule has 0 aliphatic heterocycles. The van der Waals surface area contributed by atoms with E-state index in [-0.39, 0.29) is 22.4 Å². The molecule has 0 saturated heterocycles. The van der Waals surface area contributed by atoms with Crippen LogP contribution in [0.1, 0.15) is 26.3 Å². The van der Waals surface area contributed by atoms with Gasteiger partial charge in [-0.25, -0.2) is 4.79 Å². The maximum absolute atomic E-state index is 12.8. The number of nitrogens with zero attached hydrogens (tertiary/aromatic N) is 1. The fourth-order valence-electron chi connectivity index (χ4n) is 2.57. The van der Waals surface area contributed by atoms with Crippen LogP contribution in [0.4, 0.5) is 5.69 Å². The van der Waals surface area contributed by atoms with Crippen molar-refractivity contribution in [1.82, 2.24) is 0 Å². The lowest BCUT2D eigenvalue weighted by Crippen LogP contribution is -2.23. The van der Waals surface area contributed by atoms with Gasteiger partial charge in [0.25, 0.3) is 0 Å². The average molecular weight is 337 g/mol. The molecule has 0 atom stereocenters. The van der Waals surface area contributed by atoms with E-state index in [0.717, 1.165) is 0 Å². The molecule has 0 unspecified atom stereocenters. The topological polar surface area (TPSA) is 77.8 Å². The molecule has 2 aromatic rings. The van der Waals surface area contributed by atoms with Gasteiger partial charge in [-0.15, -0.1) is 13.2 Å². The van der Waals surface area contributed by atoms with E-state index in [1.165, 1.54) is 18.2 Å². The number of aromatic hydroxyl groups is 1. The lowest BCUT2D eigenvalue weighted by Gasteiger charge is -2.23. The predicted molar refractivity (Wildman–Crippen MR) is 97.5 cm³/mol. The summed E-state index contributed by atoms with van der Waals surface area (Å²) < 4.78 is 0. The van der Waals surface area contributed by atoms with Crippen molar-refractivity contribution in [1.29, 1.82) is 0 Å². The number of anilines is 1. The van der Waals surface area contributed by atoms with Crippen molar-refractivity contribution in [2.75, 3.05) is 18.0 Å². The molecule has 5 nitrogen and oxygen atoms in total. The highest BCUT2D eigenvalue weighted by Crippen LogP contribution is 2.32. The van der Waals surface area contributed by atoms with Crippen LogP contribution in [0.25, 0.3) is 0 Å². The first-order valence-electron chi connectivity index (χ1n) is 7.67. The van der Waals surface area contributed by atoms with Crippen LogP contribution in [0.15, 0.2) is 67.8 Å². The van der Waals surface area contributed by atoms with Gasteiger partial charge >= 0.3 is 5.97 Å². The average Bonchev–Trinajstić information content (AvgIpc) is 2.61. The van der Waals surface area contributed by atoms with Crippen LogP contribution >= 0.6 is 0 Å². The molecule has 0 saturated carbocycles. The van der Waals surface area contributed by atoms with Crippen molar-refractivity contribution >= 4 is 17.4 Å². The van der Waals surface area contributed by atoms with Crippen LogP contribution in [-0.2, 0) is 0 Å². The summed E-state index contributed by atoms with van der Waals surface area (Å²) in [5.41, 5.74) is 0.426. The van der Waals surface area contributed by atoms with Gasteiger partial charge < -0.3 is 15.1 Å². The van der Waals surface area contributed by atoms with Gasteiger partial charge in [0.15, 0.2) is 5.78 Å². The summed E-state index contributed by atoms with van der Waals surface area (Å²) >= 11 is 0. The lowest BCUT2D eigenvalue weighted by atomic mass is 9.97. The summed E-state index contributed by atoms with van der Waals surface area (Å²) in [5, 5.41) is 19.9. The zero-order valence-electron chi connectivity index (χ0n) is 13.7. The van der Waals surface area contributed by atoms with E-state index in [1.54, 1.807) is 41.3 Å². The number of carbonyl (C=O) groups is 2. The molecular formula is C20H19NO4. The molecule has 0 bridgehead atoms. The van der Waals surface area contributed by atoms with Gasteiger partial charge in [-0.05, 0) is 18.2 Å². The minimum Gasteiger partial charge on any atom is -0.505 e. The van der Waals surface area contributed by atoms with Crippen molar-refractivity contribution in [3.8, 4) is 5.75 Å². The molecule has 0 fully saturated rings. The minimum atomic E-state index is -1.19. The largest absolute Gasteiger partial charge is 0.505 e. The number of carbonyl (C=O) groups excluding carboxylic acids is 1. The number of phenols is 1. The number of para-hydroxylation sites is 1. The van der Waals surface area contributed by atoms with E-state index in [9.17, 15) is 19.8 Å². The van der Waals surface area contributed by atoms with Gasteiger partial charge in [0, 0.05) is 18.7 Å². The molecule has 0 amide bonds.